The first-order chi connectivity index (χ1) is 18.0. The number of rotatable bonds is 8. The number of carbonyl (C=O) groups is 2. The van der Waals surface area contributed by atoms with Gasteiger partial charge in [-0.2, -0.15) is 5.10 Å². The Hall–Kier alpha value is -3.65. The van der Waals surface area contributed by atoms with Crippen LogP contribution in [-0.2, 0) is 27.4 Å². The van der Waals surface area contributed by atoms with Crippen LogP contribution in [0.5, 0.6) is 0 Å². The molecule has 5 rings (SSSR count). The first-order valence-electron chi connectivity index (χ1n) is 12.9. The zero-order chi connectivity index (χ0) is 25.9. The van der Waals surface area contributed by atoms with Crippen LogP contribution in [0.2, 0.25) is 0 Å². The summed E-state index contributed by atoms with van der Waals surface area (Å²) in [4.78, 5) is 27.8. The summed E-state index contributed by atoms with van der Waals surface area (Å²) < 4.78 is 12.6. The number of carbonyl (C=O) groups excluding carboxylic acids is 2. The van der Waals surface area contributed by atoms with Crippen LogP contribution in [0.15, 0.2) is 60.9 Å². The maximum absolute atomic E-state index is 13.0. The largest absolute Gasteiger partial charge is 0.445 e. The van der Waals surface area contributed by atoms with Gasteiger partial charge in [0.05, 0.1) is 25.4 Å². The number of aromatic nitrogens is 2. The molecule has 0 bridgehead atoms. The first-order valence-corrected chi connectivity index (χ1v) is 12.9. The minimum Gasteiger partial charge on any atom is -0.445 e. The van der Waals surface area contributed by atoms with Gasteiger partial charge in [-0.15, -0.1) is 0 Å². The van der Waals surface area contributed by atoms with Crippen molar-refractivity contribution < 1.29 is 19.1 Å². The van der Waals surface area contributed by atoms with Crippen LogP contribution in [0.25, 0.3) is 11.1 Å². The molecule has 8 heteroatoms. The van der Waals surface area contributed by atoms with Crippen molar-refractivity contribution in [3.05, 3.63) is 72.1 Å². The average molecular weight is 503 g/mol. The predicted molar refractivity (Wildman–Crippen MR) is 141 cm³/mol. The van der Waals surface area contributed by atoms with Crippen molar-refractivity contribution in [1.82, 2.24) is 15.1 Å². The van der Waals surface area contributed by atoms with Gasteiger partial charge >= 0.3 is 6.09 Å². The topological polar surface area (TPSA) is 85.7 Å². The molecule has 1 fully saturated rings. The minimum absolute atomic E-state index is 0.0212. The summed E-state index contributed by atoms with van der Waals surface area (Å²) in [6.45, 7) is 5.20. The van der Waals surface area contributed by atoms with E-state index in [4.69, 9.17) is 9.47 Å². The van der Waals surface area contributed by atoms with E-state index < -0.39 is 6.09 Å². The van der Waals surface area contributed by atoms with E-state index >= 15 is 0 Å². The molecular formula is C29H34N4O4. The van der Waals surface area contributed by atoms with Crippen LogP contribution < -0.4 is 10.2 Å². The molecule has 0 radical (unpaired) electrons. The summed E-state index contributed by atoms with van der Waals surface area (Å²) in [5, 5.41) is 7.59. The lowest BCUT2D eigenvalue weighted by atomic mass is 9.79. The van der Waals surface area contributed by atoms with Crippen molar-refractivity contribution in [3.63, 3.8) is 0 Å². The summed E-state index contributed by atoms with van der Waals surface area (Å²) in [6.07, 6.45) is 5.54. The molecule has 0 spiro atoms. The summed E-state index contributed by atoms with van der Waals surface area (Å²) in [6, 6.07) is 15.5. The fourth-order valence-corrected chi connectivity index (χ4v) is 5.46. The van der Waals surface area contributed by atoms with Crippen molar-refractivity contribution in [3.8, 4) is 11.1 Å². The molecule has 37 heavy (non-hydrogen) atoms. The molecular weight excluding hydrogens is 468 g/mol. The van der Waals surface area contributed by atoms with Gasteiger partial charge in [0.25, 0.3) is 0 Å². The monoisotopic (exact) mass is 502 g/mol. The van der Waals surface area contributed by atoms with Crippen LogP contribution in [0.4, 0.5) is 10.5 Å². The van der Waals surface area contributed by atoms with E-state index in [2.05, 4.69) is 23.4 Å². The van der Waals surface area contributed by atoms with Gasteiger partial charge in [0.2, 0.25) is 5.91 Å². The highest BCUT2D eigenvalue weighted by Crippen LogP contribution is 2.49. The summed E-state index contributed by atoms with van der Waals surface area (Å²) >= 11 is 0. The lowest BCUT2D eigenvalue weighted by molar-refractivity contribution is -0.117. The van der Waals surface area contributed by atoms with Crippen LogP contribution in [0.3, 0.4) is 0 Å². The van der Waals surface area contributed by atoms with E-state index in [-0.39, 0.29) is 30.5 Å². The quantitative estimate of drug-likeness (QED) is 0.471. The van der Waals surface area contributed by atoms with Gasteiger partial charge in [0.1, 0.15) is 6.61 Å². The molecule has 0 saturated heterocycles. The Balaban J connectivity index is 1.46. The molecule has 1 N–H and O–H groups in total. The fraction of sp³-hybridized carbons (Fsp3) is 0.414. The number of benzene rings is 2. The van der Waals surface area contributed by atoms with Gasteiger partial charge in [0.15, 0.2) is 0 Å². The van der Waals surface area contributed by atoms with Crippen LogP contribution in [0.1, 0.15) is 43.9 Å². The van der Waals surface area contributed by atoms with Gasteiger partial charge in [-0.25, -0.2) is 4.79 Å². The molecule has 1 aliphatic heterocycles. The lowest BCUT2D eigenvalue weighted by Gasteiger charge is -2.45. The molecule has 194 valence electrons. The predicted octanol–water partition coefficient (Wildman–Crippen LogP) is 4.95. The lowest BCUT2D eigenvalue weighted by Crippen LogP contribution is -2.53. The maximum atomic E-state index is 13.0. The van der Waals surface area contributed by atoms with E-state index in [1.165, 1.54) is 0 Å². The number of amides is 2. The highest BCUT2D eigenvalue weighted by molar-refractivity contribution is 5.94. The number of hydrogen-bond donors (Lipinski definition) is 1. The maximum Gasteiger partial charge on any atom is 0.407 e. The average Bonchev–Trinajstić information content (AvgIpc) is 3.63. The Morgan fingerprint density at radius 1 is 1.11 bits per heavy atom. The van der Waals surface area contributed by atoms with Gasteiger partial charge in [-0.3, -0.25) is 9.48 Å². The Kier molecular flexibility index (Phi) is 7.28. The van der Waals surface area contributed by atoms with Crippen molar-refractivity contribution in [2.24, 2.45) is 11.8 Å². The zero-order valence-corrected chi connectivity index (χ0v) is 21.6. The second kappa shape index (κ2) is 10.8. The Labute approximate surface area is 217 Å². The molecule has 3 atom stereocenters. The van der Waals surface area contributed by atoms with Crippen LogP contribution in [-0.4, -0.2) is 41.5 Å². The van der Waals surface area contributed by atoms with E-state index in [0.29, 0.717) is 19.1 Å². The highest BCUT2D eigenvalue weighted by Gasteiger charge is 2.48. The SMILES string of the molecule is COCCn1cc(-c2ccc3c(c2)[C@H](NC(=O)OCc2ccccc2)[C@H](C)[C@H](C2CC2)N3C(C)=O)cn1. The molecule has 1 aromatic heterocycles. The van der Waals surface area contributed by atoms with Crippen LogP contribution >= 0.6 is 0 Å². The second-order valence-corrected chi connectivity index (χ2v) is 10.0. The third-order valence-corrected chi connectivity index (χ3v) is 7.41. The zero-order valence-electron chi connectivity index (χ0n) is 21.6. The number of methoxy groups -OCH3 is 1. The standard InChI is InChI=1S/C29H34N4O4/c1-19-27(31-29(35)37-18-21-7-5-4-6-8-21)25-15-23(24-16-30-32(17-24)13-14-36-3)11-12-26(25)33(20(2)34)28(19)22-9-10-22/h4-8,11-12,15-17,19,22,27-28H,9-10,13-14,18H2,1-3H3,(H,31,35)/t19-,27+,28+/m0/s1. The minimum atomic E-state index is -0.463. The molecule has 3 aromatic rings. The van der Waals surface area contributed by atoms with Gasteiger partial charge in [-0.05, 0) is 47.6 Å². The third-order valence-electron chi connectivity index (χ3n) is 7.41. The molecule has 2 heterocycles. The third kappa shape index (κ3) is 5.39. The summed E-state index contributed by atoms with van der Waals surface area (Å²) in [5.74, 6) is 0.485. The number of hydrogen-bond acceptors (Lipinski definition) is 5. The molecule has 0 unspecified atom stereocenters. The number of anilines is 1. The molecule has 1 aliphatic carbocycles. The number of nitrogens with zero attached hydrogens (tertiary/aromatic N) is 3. The second-order valence-electron chi connectivity index (χ2n) is 10.0. The van der Waals surface area contributed by atoms with Crippen LogP contribution in [0, 0.1) is 11.8 Å². The van der Waals surface area contributed by atoms with Gasteiger partial charge in [-0.1, -0.05) is 43.3 Å². The van der Waals surface area contributed by atoms with E-state index in [9.17, 15) is 9.59 Å². The number of alkyl carbamates (subject to hydrolysis) is 1. The van der Waals surface area contributed by atoms with Crippen molar-refractivity contribution in [1.29, 1.82) is 0 Å². The molecule has 8 nitrogen and oxygen atoms in total. The van der Waals surface area contributed by atoms with Crippen molar-refractivity contribution in [2.45, 2.75) is 51.9 Å². The Morgan fingerprint density at radius 2 is 1.89 bits per heavy atom. The van der Waals surface area contributed by atoms with Gasteiger partial charge in [0, 0.05) is 43.4 Å². The number of nitrogens with one attached hydrogen (secondary N) is 1. The molecule has 2 aromatic carbocycles. The van der Waals surface area contributed by atoms with Gasteiger partial charge < -0.3 is 19.7 Å². The van der Waals surface area contributed by atoms with Crippen molar-refractivity contribution in [2.75, 3.05) is 18.6 Å². The molecule has 2 aliphatic rings. The number of fused-ring (bicyclic) bond motifs is 1. The normalized spacial score (nSPS) is 20.8. The summed E-state index contributed by atoms with van der Waals surface area (Å²) in [7, 11) is 1.67. The molecule has 2 amide bonds. The van der Waals surface area contributed by atoms with E-state index in [0.717, 1.165) is 40.8 Å². The Bertz CT molecular complexity index is 1250. The van der Waals surface area contributed by atoms with E-state index in [1.807, 2.05) is 64.4 Å². The summed E-state index contributed by atoms with van der Waals surface area (Å²) in [5.41, 5.74) is 4.65. The molecule has 1 saturated carbocycles. The first kappa shape index (κ1) is 25.0. The number of ether oxygens (including phenoxy) is 2. The van der Waals surface area contributed by atoms with Crippen molar-refractivity contribution >= 4 is 17.7 Å². The highest BCUT2D eigenvalue weighted by atomic mass is 16.5. The smallest absolute Gasteiger partial charge is 0.407 e. The fourth-order valence-electron chi connectivity index (χ4n) is 5.46. The Morgan fingerprint density at radius 3 is 2.59 bits per heavy atom. The van der Waals surface area contributed by atoms with E-state index in [1.54, 1.807) is 14.0 Å².